The smallest absolute Gasteiger partial charge is 0.204 e. The maximum atomic E-state index is 6.09. The van der Waals surface area contributed by atoms with Crippen molar-refractivity contribution in [3.05, 3.63) is 84.6 Å². The number of nitrogen functional groups attached to an aromatic ring is 1. The molecule has 0 aliphatic heterocycles. The number of H-pyrrole nitrogens is 1. The van der Waals surface area contributed by atoms with E-state index >= 15 is 0 Å². The molecule has 0 aliphatic carbocycles. The Balaban J connectivity index is 1.42. The highest BCUT2D eigenvalue weighted by Gasteiger charge is 2.08. The number of tetrazole rings is 1. The highest BCUT2D eigenvalue weighted by molar-refractivity contribution is 5.84. The maximum absolute atomic E-state index is 6.09. The van der Waals surface area contributed by atoms with Crippen LogP contribution in [0.4, 0.5) is 5.69 Å². The van der Waals surface area contributed by atoms with Crippen molar-refractivity contribution in [1.29, 1.82) is 0 Å². The van der Waals surface area contributed by atoms with Crippen molar-refractivity contribution < 1.29 is 0 Å². The normalized spacial score (nSPS) is 11.1. The molecule has 0 radical (unpaired) electrons. The summed E-state index contributed by atoms with van der Waals surface area (Å²) in [6, 6.07) is 24.8. The molecule has 5 aromatic rings. The molecule has 0 unspecified atom stereocenters. The molecular weight excluding hydrogens is 348 g/mol. The summed E-state index contributed by atoms with van der Waals surface area (Å²) in [7, 11) is 0. The Labute approximate surface area is 161 Å². The lowest BCUT2D eigenvalue weighted by atomic mass is 10.0. The molecule has 6 heteroatoms. The summed E-state index contributed by atoms with van der Waals surface area (Å²) >= 11 is 0. The monoisotopic (exact) mass is 366 g/mol. The Morgan fingerprint density at radius 3 is 2.50 bits per heavy atom. The van der Waals surface area contributed by atoms with Gasteiger partial charge in [-0.25, -0.2) is 0 Å². The van der Waals surface area contributed by atoms with Gasteiger partial charge in [-0.3, -0.25) is 0 Å². The van der Waals surface area contributed by atoms with E-state index in [2.05, 4.69) is 73.9 Å². The topological polar surface area (TPSA) is 85.4 Å². The van der Waals surface area contributed by atoms with E-state index in [1.807, 2.05) is 30.3 Å². The Kier molecular flexibility index (Phi) is 3.87. The van der Waals surface area contributed by atoms with Gasteiger partial charge in [0.15, 0.2) is 0 Å². The summed E-state index contributed by atoms with van der Waals surface area (Å²) in [5, 5.41) is 15.4. The van der Waals surface area contributed by atoms with E-state index in [4.69, 9.17) is 5.73 Å². The van der Waals surface area contributed by atoms with E-state index in [1.165, 1.54) is 11.1 Å². The highest BCUT2D eigenvalue weighted by Crippen LogP contribution is 2.27. The minimum Gasteiger partial charge on any atom is -0.398 e. The SMILES string of the molecule is Nc1ccccc1-c1ccc(Cn2ccc3cc(-c4nn[nH]n4)ccc32)cc1. The van der Waals surface area contributed by atoms with E-state index in [-0.39, 0.29) is 0 Å². The second kappa shape index (κ2) is 6.66. The molecule has 0 aliphatic rings. The zero-order valence-corrected chi connectivity index (χ0v) is 15.1. The van der Waals surface area contributed by atoms with Gasteiger partial charge in [0.05, 0.1) is 0 Å². The molecule has 0 saturated carbocycles. The minimum absolute atomic E-state index is 0.602. The molecule has 0 atom stereocenters. The third-order valence-corrected chi connectivity index (χ3v) is 4.95. The number of para-hydroxylation sites is 1. The predicted octanol–water partition coefficient (Wildman–Crippen LogP) is 4.12. The van der Waals surface area contributed by atoms with Crippen LogP contribution in [0.15, 0.2) is 79.0 Å². The summed E-state index contributed by atoms with van der Waals surface area (Å²) in [6.07, 6.45) is 2.10. The Bertz CT molecular complexity index is 1240. The van der Waals surface area contributed by atoms with Gasteiger partial charge in [-0.1, -0.05) is 42.5 Å². The fourth-order valence-electron chi connectivity index (χ4n) is 3.51. The summed E-state index contributed by atoms with van der Waals surface area (Å²) in [5.41, 5.74) is 12.4. The number of aromatic nitrogens is 5. The van der Waals surface area contributed by atoms with Crippen LogP contribution < -0.4 is 5.73 Å². The number of fused-ring (bicyclic) bond motifs is 1. The standard InChI is InChI=1S/C22H18N6/c23-20-4-2-1-3-19(20)16-7-5-15(6-8-16)14-28-12-11-17-13-18(9-10-21(17)28)22-24-26-27-25-22/h1-13H,14,23H2,(H,24,25,26,27). The van der Waals surface area contributed by atoms with Gasteiger partial charge in [-0.2, -0.15) is 5.21 Å². The molecule has 0 spiro atoms. The number of rotatable bonds is 4. The van der Waals surface area contributed by atoms with Crippen LogP contribution in [0.1, 0.15) is 5.56 Å². The summed E-state index contributed by atoms with van der Waals surface area (Å²) in [6.45, 7) is 0.801. The lowest BCUT2D eigenvalue weighted by molar-refractivity contribution is 0.837. The summed E-state index contributed by atoms with van der Waals surface area (Å²) in [5.74, 6) is 0.602. The van der Waals surface area contributed by atoms with Gasteiger partial charge in [0, 0.05) is 40.5 Å². The van der Waals surface area contributed by atoms with Gasteiger partial charge in [0.1, 0.15) is 0 Å². The first kappa shape index (κ1) is 16.3. The minimum atomic E-state index is 0.602. The molecule has 3 aromatic carbocycles. The van der Waals surface area contributed by atoms with Crippen LogP contribution in [-0.2, 0) is 6.54 Å². The Morgan fingerprint density at radius 1 is 0.893 bits per heavy atom. The average Bonchev–Trinajstić information content (AvgIpc) is 3.39. The lowest BCUT2D eigenvalue weighted by Crippen LogP contribution is -1.98. The van der Waals surface area contributed by atoms with Crippen LogP contribution in [0.25, 0.3) is 33.4 Å². The van der Waals surface area contributed by atoms with Crippen LogP contribution in [0.2, 0.25) is 0 Å². The number of nitrogens with zero attached hydrogens (tertiary/aromatic N) is 4. The van der Waals surface area contributed by atoms with Gasteiger partial charge < -0.3 is 10.3 Å². The Hall–Kier alpha value is -3.93. The van der Waals surface area contributed by atoms with E-state index in [1.54, 1.807) is 0 Å². The third kappa shape index (κ3) is 2.91. The molecule has 0 fully saturated rings. The van der Waals surface area contributed by atoms with Crippen molar-refractivity contribution in [3.8, 4) is 22.5 Å². The zero-order valence-electron chi connectivity index (χ0n) is 15.1. The predicted molar refractivity (Wildman–Crippen MR) is 111 cm³/mol. The van der Waals surface area contributed by atoms with Crippen molar-refractivity contribution in [3.63, 3.8) is 0 Å². The number of anilines is 1. The number of benzene rings is 3. The number of nitrogens with one attached hydrogen (secondary N) is 1. The second-order valence-electron chi connectivity index (χ2n) is 6.74. The van der Waals surface area contributed by atoms with Crippen molar-refractivity contribution in [2.45, 2.75) is 6.54 Å². The van der Waals surface area contributed by atoms with E-state index in [9.17, 15) is 0 Å². The van der Waals surface area contributed by atoms with Crippen LogP contribution in [-0.4, -0.2) is 25.2 Å². The molecule has 2 aromatic heterocycles. The number of hydrogen-bond acceptors (Lipinski definition) is 4. The summed E-state index contributed by atoms with van der Waals surface area (Å²) in [4.78, 5) is 0. The molecule has 136 valence electrons. The molecule has 6 nitrogen and oxygen atoms in total. The first-order valence-corrected chi connectivity index (χ1v) is 9.04. The largest absolute Gasteiger partial charge is 0.398 e. The molecule has 2 heterocycles. The van der Waals surface area contributed by atoms with Crippen LogP contribution in [0.5, 0.6) is 0 Å². The van der Waals surface area contributed by atoms with E-state index in [0.717, 1.165) is 34.3 Å². The quantitative estimate of drug-likeness (QED) is 0.469. The van der Waals surface area contributed by atoms with Gasteiger partial charge >= 0.3 is 0 Å². The third-order valence-electron chi connectivity index (χ3n) is 4.95. The van der Waals surface area contributed by atoms with Gasteiger partial charge in [0.2, 0.25) is 5.82 Å². The van der Waals surface area contributed by atoms with Crippen molar-refractivity contribution in [1.82, 2.24) is 25.2 Å². The van der Waals surface area contributed by atoms with Crippen LogP contribution >= 0.6 is 0 Å². The molecule has 0 amide bonds. The number of nitrogens with two attached hydrogens (primary N) is 1. The Morgan fingerprint density at radius 2 is 1.71 bits per heavy atom. The number of aromatic amines is 1. The average molecular weight is 366 g/mol. The molecule has 3 N–H and O–H groups in total. The molecule has 0 bridgehead atoms. The first-order valence-electron chi connectivity index (χ1n) is 9.04. The van der Waals surface area contributed by atoms with Crippen LogP contribution in [0, 0.1) is 0 Å². The lowest BCUT2D eigenvalue weighted by Gasteiger charge is -2.09. The van der Waals surface area contributed by atoms with Crippen molar-refractivity contribution >= 4 is 16.6 Å². The van der Waals surface area contributed by atoms with Crippen molar-refractivity contribution in [2.24, 2.45) is 0 Å². The van der Waals surface area contributed by atoms with Crippen LogP contribution in [0.3, 0.4) is 0 Å². The van der Waals surface area contributed by atoms with Gasteiger partial charge in [-0.15, -0.1) is 10.2 Å². The molecular formula is C22H18N6. The van der Waals surface area contributed by atoms with E-state index in [0.29, 0.717) is 5.82 Å². The fourth-order valence-corrected chi connectivity index (χ4v) is 3.51. The van der Waals surface area contributed by atoms with Gasteiger partial charge in [-0.05, 0) is 46.7 Å². The molecule has 28 heavy (non-hydrogen) atoms. The van der Waals surface area contributed by atoms with Gasteiger partial charge in [0.25, 0.3) is 0 Å². The summed E-state index contributed by atoms with van der Waals surface area (Å²) < 4.78 is 2.24. The second-order valence-corrected chi connectivity index (χ2v) is 6.74. The van der Waals surface area contributed by atoms with Crippen molar-refractivity contribution in [2.75, 3.05) is 5.73 Å². The molecule has 0 saturated heterocycles. The van der Waals surface area contributed by atoms with E-state index < -0.39 is 0 Å². The highest BCUT2D eigenvalue weighted by atomic mass is 15.5. The first-order chi connectivity index (χ1) is 13.8. The number of hydrogen-bond donors (Lipinski definition) is 2. The molecule has 5 rings (SSSR count). The fraction of sp³-hybridized carbons (Fsp3) is 0.0455. The maximum Gasteiger partial charge on any atom is 0.204 e. The zero-order chi connectivity index (χ0) is 18.9.